The number of hydrogen-bond donors (Lipinski definition) is 1. The summed E-state index contributed by atoms with van der Waals surface area (Å²) in [6, 6.07) is 5.89. The molecule has 2 aliphatic rings. The van der Waals surface area contributed by atoms with E-state index in [4.69, 9.17) is 4.74 Å². The predicted molar refractivity (Wildman–Crippen MR) is 107 cm³/mol. The van der Waals surface area contributed by atoms with E-state index in [-0.39, 0.29) is 18.4 Å². The highest BCUT2D eigenvalue weighted by molar-refractivity contribution is 6.00. The zero-order valence-corrected chi connectivity index (χ0v) is 17.0. The smallest absolute Gasteiger partial charge is 0.254 e. The Balaban J connectivity index is 1.74. The Bertz CT molecular complexity index is 935. The number of aromatic nitrogens is 1. The van der Waals surface area contributed by atoms with Crippen LogP contribution in [0.1, 0.15) is 24.6 Å². The van der Waals surface area contributed by atoms with Gasteiger partial charge in [0, 0.05) is 24.0 Å². The van der Waals surface area contributed by atoms with E-state index in [2.05, 4.69) is 9.88 Å². The number of amides is 2. The molecular weight excluding hydrogens is 356 g/mol. The maximum Gasteiger partial charge on any atom is 0.254 e. The van der Waals surface area contributed by atoms with Gasteiger partial charge < -0.3 is 24.4 Å². The zero-order chi connectivity index (χ0) is 20.1. The molecular formula is C21H28N4O3. The first kappa shape index (κ1) is 18.8. The molecule has 0 bridgehead atoms. The Morgan fingerprint density at radius 3 is 2.79 bits per heavy atom. The molecule has 0 saturated carbocycles. The van der Waals surface area contributed by atoms with E-state index in [0.29, 0.717) is 13.1 Å². The molecule has 150 valence electrons. The number of carbonyl (C=O) groups excluding carboxylic acids is 2. The van der Waals surface area contributed by atoms with Gasteiger partial charge in [0.05, 0.1) is 19.3 Å². The van der Waals surface area contributed by atoms with Gasteiger partial charge in [0.25, 0.3) is 5.91 Å². The molecule has 0 radical (unpaired) electrons. The molecule has 1 aromatic heterocycles. The van der Waals surface area contributed by atoms with Crippen molar-refractivity contribution in [3.05, 3.63) is 29.5 Å². The van der Waals surface area contributed by atoms with Gasteiger partial charge in [-0.25, -0.2) is 0 Å². The molecule has 2 amide bonds. The second-order valence-electron chi connectivity index (χ2n) is 8.14. The average Bonchev–Trinajstić information content (AvgIpc) is 3.04. The lowest BCUT2D eigenvalue weighted by molar-refractivity contribution is -0.166. The molecule has 2 aromatic rings. The fraction of sp³-hybridized carbons (Fsp3) is 0.524. The highest BCUT2D eigenvalue weighted by Gasteiger charge is 2.53. The van der Waals surface area contributed by atoms with E-state index in [1.54, 1.807) is 16.9 Å². The van der Waals surface area contributed by atoms with Crippen molar-refractivity contribution in [3.63, 3.8) is 0 Å². The summed E-state index contributed by atoms with van der Waals surface area (Å²) in [5.74, 6) is 0.817. The number of aromatic amines is 1. The van der Waals surface area contributed by atoms with Crippen LogP contribution >= 0.6 is 0 Å². The number of benzene rings is 1. The summed E-state index contributed by atoms with van der Waals surface area (Å²) in [5.41, 5.74) is 1.95. The third kappa shape index (κ3) is 2.76. The summed E-state index contributed by atoms with van der Waals surface area (Å²) in [4.78, 5) is 35.5. The number of nitrogens with one attached hydrogen (secondary N) is 1. The number of nitrogens with zero attached hydrogens (tertiary/aromatic N) is 3. The van der Waals surface area contributed by atoms with E-state index < -0.39 is 5.54 Å². The minimum Gasteiger partial charge on any atom is -0.497 e. The van der Waals surface area contributed by atoms with Crippen LogP contribution in [0.5, 0.6) is 5.75 Å². The molecule has 1 N–H and O–H groups in total. The summed E-state index contributed by atoms with van der Waals surface area (Å²) in [7, 11) is 5.68. The van der Waals surface area contributed by atoms with Crippen molar-refractivity contribution >= 4 is 22.7 Å². The lowest BCUT2D eigenvalue weighted by atomic mass is 9.83. The number of ether oxygens (including phenoxy) is 1. The molecule has 4 rings (SSSR count). The van der Waals surface area contributed by atoms with Gasteiger partial charge in [-0.15, -0.1) is 0 Å². The second kappa shape index (κ2) is 6.81. The molecule has 1 fully saturated rings. The average molecular weight is 384 g/mol. The van der Waals surface area contributed by atoms with E-state index in [1.165, 1.54) is 0 Å². The van der Waals surface area contributed by atoms with E-state index in [1.807, 2.05) is 39.2 Å². The molecule has 3 heterocycles. The molecule has 2 aliphatic heterocycles. The van der Waals surface area contributed by atoms with Gasteiger partial charge in [0.2, 0.25) is 5.91 Å². The Morgan fingerprint density at radius 1 is 1.29 bits per heavy atom. The molecule has 0 unspecified atom stereocenters. The Labute approximate surface area is 165 Å². The lowest BCUT2D eigenvalue weighted by Crippen LogP contribution is -2.67. The van der Waals surface area contributed by atoms with Crippen molar-refractivity contribution < 1.29 is 14.3 Å². The van der Waals surface area contributed by atoms with Crippen LogP contribution in [0.15, 0.2) is 18.2 Å². The van der Waals surface area contributed by atoms with Gasteiger partial charge in [-0.3, -0.25) is 9.59 Å². The van der Waals surface area contributed by atoms with E-state index >= 15 is 0 Å². The van der Waals surface area contributed by atoms with Gasteiger partial charge in [-0.2, -0.15) is 0 Å². The first-order valence-corrected chi connectivity index (χ1v) is 9.80. The molecule has 1 aromatic carbocycles. The van der Waals surface area contributed by atoms with Crippen LogP contribution in [0.4, 0.5) is 0 Å². The summed E-state index contributed by atoms with van der Waals surface area (Å²) in [6.45, 7) is 4.09. The maximum absolute atomic E-state index is 13.5. The molecule has 0 aliphatic carbocycles. The monoisotopic (exact) mass is 384 g/mol. The summed E-state index contributed by atoms with van der Waals surface area (Å²) in [6.07, 6.45) is 1.58. The minimum atomic E-state index is -0.979. The number of fused-ring (bicyclic) bond motifs is 5. The number of methoxy groups -OCH3 is 1. The first-order chi connectivity index (χ1) is 13.4. The molecule has 7 heteroatoms. The van der Waals surface area contributed by atoms with Crippen molar-refractivity contribution in [2.24, 2.45) is 0 Å². The normalized spacial score (nSPS) is 22.0. The number of rotatable bonds is 5. The number of H-pyrrole nitrogens is 1. The number of piperazine rings is 1. The topological polar surface area (TPSA) is 68.9 Å². The predicted octanol–water partition coefficient (Wildman–Crippen LogP) is 1.57. The first-order valence-electron chi connectivity index (χ1n) is 9.80. The second-order valence-corrected chi connectivity index (χ2v) is 8.14. The fourth-order valence-electron chi connectivity index (χ4n) is 4.59. The highest BCUT2D eigenvalue weighted by atomic mass is 16.5. The van der Waals surface area contributed by atoms with Gasteiger partial charge in [-0.1, -0.05) is 0 Å². The maximum atomic E-state index is 13.5. The van der Waals surface area contributed by atoms with Crippen molar-refractivity contribution in [2.45, 2.75) is 25.3 Å². The Morgan fingerprint density at radius 2 is 2.07 bits per heavy atom. The van der Waals surface area contributed by atoms with Crippen LogP contribution < -0.4 is 4.74 Å². The molecule has 1 saturated heterocycles. The summed E-state index contributed by atoms with van der Waals surface area (Å²) >= 11 is 0. The van der Waals surface area contributed by atoms with Crippen molar-refractivity contribution in [1.29, 1.82) is 0 Å². The Hall–Kier alpha value is -2.54. The summed E-state index contributed by atoms with van der Waals surface area (Å²) in [5, 5.41) is 1.07. The molecule has 1 atom stereocenters. The largest absolute Gasteiger partial charge is 0.497 e. The van der Waals surface area contributed by atoms with E-state index in [0.717, 1.165) is 47.3 Å². The van der Waals surface area contributed by atoms with Crippen LogP contribution in [0.3, 0.4) is 0 Å². The van der Waals surface area contributed by atoms with Crippen LogP contribution in [0.2, 0.25) is 0 Å². The van der Waals surface area contributed by atoms with Gasteiger partial charge in [-0.05, 0) is 64.2 Å². The quantitative estimate of drug-likeness (QED) is 0.850. The van der Waals surface area contributed by atoms with Crippen molar-refractivity contribution in [2.75, 3.05) is 47.4 Å². The van der Waals surface area contributed by atoms with Gasteiger partial charge >= 0.3 is 0 Å². The van der Waals surface area contributed by atoms with Gasteiger partial charge in [0.1, 0.15) is 5.75 Å². The van der Waals surface area contributed by atoms with Crippen molar-refractivity contribution in [3.8, 4) is 5.75 Å². The Kier molecular flexibility index (Phi) is 4.57. The van der Waals surface area contributed by atoms with Crippen LogP contribution in [-0.2, 0) is 21.5 Å². The van der Waals surface area contributed by atoms with E-state index in [9.17, 15) is 9.59 Å². The van der Waals surface area contributed by atoms with Crippen LogP contribution in [0, 0.1) is 0 Å². The number of hydrogen-bond acceptors (Lipinski definition) is 4. The standard InChI is InChI=1S/C21H28N4O3/c1-21-19-15(16-12-14(28-4)6-7-17(16)22-19)8-11-25(21)18(26)13-24(20(21)27)10-5-9-23(2)3/h6-7,12,22H,5,8-11,13H2,1-4H3/t21-/m1/s1. The fourth-order valence-corrected chi connectivity index (χ4v) is 4.59. The van der Waals surface area contributed by atoms with Gasteiger partial charge in [0.15, 0.2) is 5.54 Å². The third-order valence-corrected chi connectivity index (χ3v) is 6.09. The number of carbonyl (C=O) groups is 2. The zero-order valence-electron chi connectivity index (χ0n) is 17.0. The lowest BCUT2D eigenvalue weighted by Gasteiger charge is -2.49. The third-order valence-electron chi connectivity index (χ3n) is 6.09. The SMILES string of the molecule is COc1ccc2[nH]c3c(c2c1)CCN1C(=O)CN(CCCN(C)C)C(=O)[C@@]31C. The highest BCUT2D eigenvalue weighted by Crippen LogP contribution is 2.42. The molecule has 28 heavy (non-hydrogen) atoms. The van der Waals surface area contributed by atoms with Crippen LogP contribution in [0.25, 0.3) is 10.9 Å². The summed E-state index contributed by atoms with van der Waals surface area (Å²) < 4.78 is 5.38. The van der Waals surface area contributed by atoms with Crippen LogP contribution in [-0.4, -0.2) is 78.9 Å². The molecule has 7 nitrogen and oxygen atoms in total. The van der Waals surface area contributed by atoms with Crippen molar-refractivity contribution in [1.82, 2.24) is 19.7 Å². The molecule has 0 spiro atoms. The minimum absolute atomic E-state index is 0.00493.